The molecular formula is C10H18N6O. The minimum absolute atomic E-state index is 0.0524. The molecule has 0 unspecified atom stereocenters. The van der Waals surface area contributed by atoms with E-state index in [0.29, 0.717) is 11.6 Å². The normalized spacial score (nSPS) is 10.2. The molecule has 7 heteroatoms. The molecule has 1 aromatic heterocycles. The Morgan fingerprint density at radius 2 is 2.24 bits per heavy atom. The summed E-state index contributed by atoms with van der Waals surface area (Å²) in [6.45, 7) is 4.07. The van der Waals surface area contributed by atoms with E-state index in [1.165, 1.54) is 6.33 Å². The SMILES string of the molecule is CC(C)NC(=O)CN(C)c1cc(NN)ncn1. The second-order valence-electron chi connectivity index (χ2n) is 3.98. The number of nitrogens with one attached hydrogen (secondary N) is 2. The molecule has 94 valence electrons. The zero-order valence-electron chi connectivity index (χ0n) is 10.3. The molecule has 1 rings (SSSR count). The van der Waals surface area contributed by atoms with Gasteiger partial charge in [0, 0.05) is 19.2 Å². The van der Waals surface area contributed by atoms with Gasteiger partial charge in [0.2, 0.25) is 5.91 Å². The Bertz CT molecular complexity index is 381. The van der Waals surface area contributed by atoms with Crippen LogP contribution >= 0.6 is 0 Å². The van der Waals surface area contributed by atoms with Crippen molar-refractivity contribution in [3.63, 3.8) is 0 Å². The third-order valence-electron chi connectivity index (χ3n) is 2.02. The third kappa shape index (κ3) is 4.23. The summed E-state index contributed by atoms with van der Waals surface area (Å²) in [6, 6.07) is 1.80. The predicted octanol–water partition coefficient (Wildman–Crippen LogP) is -0.277. The highest BCUT2D eigenvalue weighted by molar-refractivity contribution is 5.81. The molecule has 7 nitrogen and oxygen atoms in total. The third-order valence-corrected chi connectivity index (χ3v) is 2.02. The molecule has 1 aromatic rings. The fraction of sp³-hybridized carbons (Fsp3) is 0.500. The van der Waals surface area contributed by atoms with Gasteiger partial charge >= 0.3 is 0 Å². The number of amides is 1. The van der Waals surface area contributed by atoms with Gasteiger partial charge in [0.15, 0.2) is 0 Å². The smallest absolute Gasteiger partial charge is 0.239 e. The van der Waals surface area contributed by atoms with Crippen molar-refractivity contribution in [3.8, 4) is 0 Å². The number of aromatic nitrogens is 2. The minimum Gasteiger partial charge on any atom is -0.352 e. The Labute approximate surface area is 100 Å². The summed E-state index contributed by atoms with van der Waals surface area (Å²) >= 11 is 0. The quantitative estimate of drug-likeness (QED) is 0.482. The van der Waals surface area contributed by atoms with Gasteiger partial charge in [-0.1, -0.05) is 0 Å². The monoisotopic (exact) mass is 238 g/mol. The van der Waals surface area contributed by atoms with E-state index >= 15 is 0 Å². The van der Waals surface area contributed by atoms with Gasteiger partial charge in [0.1, 0.15) is 18.0 Å². The Morgan fingerprint density at radius 1 is 1.53 bits per heavy atom. The molecule has 0 saturated heterocycles. The van der Waals surface area contributed by atoms with Gasteiger partial charge < -0.3 is 15.6 Å². The molecule has 0 aliphatic heterocycles. The first kappa shape index (κ1) is 13.2. The number of hydrogen-bond donors (Lipinski definition) is 3. The maximum Gasteiger partial charge on any atom is 0.239 e. The fourth-order valence-corrected chi connectivity index (χ4v) is 1.30. The molecule has 0 spiro atoms. The number of nitrogen functional groups attached to an aromatic ring is 1. The summed E-state index contributed by atoms with van der Waals surface area (Å²) in [7, 11) is 1.78. The highest BCUT2D eigenvalue weighted by Gasteiger charge is 2.09. The van der Waals surface area contributed by atoms with Crippen molar-refractivity contribution in [2.24, 2.45) is 5.84 Å². The number of anilines is 2. The lowest BCUT2D eigenvalue weighted by Crippen LogP contribution is -2.38. The van der Waals surface area contributed by atoms with E-state index in [-0.39, 0.29) is 18.5 Å². The van der Waals surface area contributed by atoms with E-state index in [2.05, 4.69) is 20.7 Å². The Hall–Kier alpha value is -1.89. The van der Waals surface area contributed by atoms with Gasteiger partial charge in [-0.2, -0.15) is 0 Å². The second kappa shape index (κ2) is 6.00. The molecule has 1 amide bonds. The maximum absolute atomic E-state index is 11.6. The van der Waals surface area contributed by atoms with Crippen LogP contribution in [0.25, 0.3) is 0 Å². The van der Waals surface area contributed by atoms with Crippen molar-refractivity contribution in [2.75, 3.05) is 23.9 Å². The fourth-order valence-electron chi connectivity index (χ4n) is 1.30. The molecule has 0 radical (unpaired) electrons. The van der Waals surface area contributed by atoms with Gasteiger partial charge in [0.05, 0.1) is 6.54 Å². The van der Waals surface area contributed by atoms with Gasteiger partial charge in [-0.25, -0.2) is 15.8 Å². The largest absolute Gasteiger partial charge is 0.352 e. The number of nitrogens with two attached hydrogens (primary N) is 1. The molecule has 1 heterocycles. The Morgan fingerprint density at radius 3 is 2.82 bits per heavy atom. The molecule has 0 aromatic carbocycles. The molecular weight excluding hydrogens is 220 g/mol. The molecule has 0 aliphatic rings. The van der Waals surface area contributed by atoms with Gasteiger partial charge in [-0.15, -0.1) is 0 Å². The minimum atomic E-state index is -0.0524. The topological polar surface area (TPSA) is 96.2 Å². The van der Waals surface area contributed by atoms with E-state index in [1.54, 1.807) is 18.0 Å². The second-order valence-corrected chi connectivity index (χ2v) is 3.98. The van der Waals surface area contributed by atoms with Crippen LogP contribution in [-0.4, -0.2) is 35.5 Å². The van der Waals surface area contributed by atoms with Crippen molar-refractivity contribution in [2.45, 2.75) is 19.9 Å². The molecule has 0 atom stereocenters. The van der Waals surface area contributed by atoms with E-state index < -0.39 is 0 Å². The van der Waals surface area contributed by atoms with Crippen LogP contribution in [0.3, 0.4) is 0 Å². The van der Waals surface area contributed by atoms with E-state index in [0.717, 1.165) is 0 Å². The lowest BCUT2D eigenvalue weighted by molar-refractivity contribution is -0.120. The number of likely N-dealkylation sites (N-methyl/N-ethyl adjacent to an activating group) is 1. The van der Waals surface area contributed by atoms with Crippen LogP contribution in [0.1, 0.15) is 13.8 Å². The molecule has 0 aliphatic carbocycles. The molecule has 0 saturated carbocycles. The van der Waals surface area contributed by atoms with Crippen LogP contribution in [0.15, 0.2) is 12.4 Å². The molecule has 0 bridgehead atoms. The van der Waals surface area contributed by atoms with E-state index in [4.69, 9.17) is 5.84 Å². The lowest BCUT2D eigenvalue weighted by atomic mass is 10.3. The number of carbonyl (C=O) groups is 1. The van der Waals surface area contributed by atoms with Gasteiger partial charge in [0.25, 0.3) is 0 Å². The van der Waals surface area contributed by atoms with Crippen molar-refractivity contribution < 1.29 is 4.79 Å². The zero-order valence-corrected chi connectivity index (χ0v) is 10.3. The van der Waals surface area contributed by atoms with Crippen LogP contribution in [0, 0.1) is 0 Å². The average Bonchev–Trinajstić information content (AvgIpc) is 2.27. The van der Waals surface area contributed by atoms with Crippen LogP contribution < -0.4 is 21.5 Å². The first-order valence-corrected chi connectivity index (χ1v) is 5.32. The number of carbonyl (C=O) groups excluding carboxylic acids is 1. The van der Waals surface area contributed by atoms with Crippen LogP contribution in [0.4, 0.5) is 11.6 Å². The Kier molecular flexibility index (Phi) is 4.65. The summed E-state index contributed by atoms with van der Waals surface area (Å²) in [5.74, 6) is 6.33. The van der Waals surface area contributed by atoms with Crippen LogP contribution in [-0.2, 0) is 4.79 Å². The summed E-state index contributed by atoms with van der Waals surface area (Å²) < 4.78 is 0. The standard InChI is InChI=1S/C10H18N6O/c1-7(2)14-10(17)5-16(3)9-4-8(15-11)12-6-13-9/h4,6-7H,5,11H2,1-3H3,(H,14,17)(H,12,13,15). The first-order valence-electron chi connectivity index (χ1n) is 5.32. The van der Waals surface area contributed by atoms with Crippen molar-refractivity contribution >= 4 is 17.5 Å². The average molecular weight is 238 g/mol. The Balaban J connectivity index is 2.62. The van der Waals surface area contributed by atoms with Crippen molar-refractivity contribution in [1.29, 1.82) is 0 Å². The van der Waals surface area contributed by atoms with Crippen LogP contribution in [0.2, 0.25) is 0 Å². The highest BCUT2D eigenvalue weighted by atomic mass is 16.2. The number of hydrogen-bond acceptors (Lipinski definition) is 6. The number of hydrazine groups is 1. The number of rotatable bonds is 5. The maximum atomic E-state index is 11.6. The molecule has 4 N–H and O–H groups in total. The summed E-state index contributed by atoms with van der Waals surface area (Å²) in [5.41, 5.74) is 2.43. The lowest BCUT2D eigenvalue weighted by Gasteiger charge is -2.18. The van der Waals surface area contributed by atoms with Crippen LogP contribution in [0.5, 0.6) is 0 Å². The van der Waals surface area contributed by atoms with E-state index in [1.807, 2.05) is 13.8 Å². The summed E-state index contributed by atoms with van der Waals surface area (Å²) in [6.07, 6.45) is 1.39. The summed E-state index contributed by atoms with van der Waals surface area (Å²) in [4.78, 5) is 21.2. The zero-order chi connectivity index (χ0) is 12.8. The molecule has 17 heavy (non-hydrogen) atoms. The number of nitrogens with zero attached hydrogens (tertiary/aromatic N) is 3. The van der Waals surface area contributed by atoms with Crippen molar-refractivity contribution in [1.82, 2.24) is 15.3 Å². The van der Waals surface area contributed by atoms with Gasteiger partial charge in [-0.3, -0.25) is 4.79 Å². The van der Waals surface area contributed by atoms with E-state index in [9.17, 15) is 4.79 Å². The van der Waals surface area contributed by atoms with Gasteiger partial charge in [-0.05, 0) is 13.8 Å². The summed E-state index contributed by atoms with van der Waals surface area (Å²) in [5, 5.41) is 2.81. The predicted molar refractivity (Wildman–Crippen MR) is 66.4 cm³/mol. The highest BCUT2D eigenvalue weighted by Crippen LogP contribution is 2.10. The first-order chi connectivity index (χ1) is 8.02. The molecule has 0 fully saturated rings. The van der Waals surface area contributed by atoms with Crippen molar-refractivity contribution in [3.05, 3.63) is 12.4 Å².